The highest BCUT2D eigenvalue weighted by atomic mass is 35.5. The molecule has 0 saturated carbocycles. The molecule has 0 spiro atoms. The van der Waals surface area contributed by atoms with Crippen LogP contribution in [0.4, 0.5) is 13.2 Å². The fourth-order valence-corrected chi connectivity index (χ4v) is 2.51. The fourth-order valence-electron chi connectivity index (χ4n) is 1.71. The summed E-state index contributed by atoms with van der Waals surface area (Å²) in [6, 6.07) is 5.40. The summed E-state index contributed by atoms with van der Waals surface area (Å²) >= 11 is 1.23. The number of benzene rings is 1. The van der Waals surface area contributed by atoms with Crippen LogP contribution in [0.3, 0.4) is 0 Å². The summed E-state index contributed by atoms with van der Waals surface area (Å²) in [7, 11) is 1.84. The Labute approximate surface area is 142 Å². The average Bonchev–Trinajstić information content (AvgIpc) is 2.92. The van der Waals surface area contributed by atoms with Gasteiger partial charge in [0.15, 0.2) is 5.82 Å². The van der Waals surface area contributed by atoms with Gasteiger partial charge in [-0.2, -0.15) is 18.2 Å². The van der Waals surface area contributed by atoms with E-state index in [1.165, 1.54) is 17.8 Å². The first kappa shape index (κ1) is 19.8. The van der Waals surface area contributed by atoms with Crippen LogP contribution in [-0.4, -0.2) is 23.2 Å². The molecule has 9 heteroatoms. The summed E-state index contributed by atoms with van der Waals surface area (Å²) in [5.41, 5.74) is -0.661. The van der Waals surface area contributed by atoms with Gasteiger partial charge in [-0.15, -0.1) is 24.2 Å². The number of halogens is 4. The molecule has 2 aromatic rings. The van der Waals surface area contributed by atoms with Gasteiger partial charge in [-0.3, -0.25) is 0 Å². The Balaban J connectivity index is 0.00000264. The molecule has 4 nitrogen and oxygen atoms in total. The number of thioether (sulfide) groups is 1. The van der Waals surface area contributed by atoms with Crippen LogP contribution in [0.5, 0.6) is 0 Å². The van der Waals surface area contributed by atoms with Crippen molar-refractivity contribution >= 4 is 24.2 Å². The highest BCUT2D eigenvalue weighted by molar-refractivity contribution is 7.98. The summed E-state index contributed by atoms with van der Waals surface area (Å²) in [6.07, 6.45) is -3.70. The highest BCUT2D eigenvalue weighted by Gasteiger charge is 2.30. The number of nitrogens with one attached hydrogen (secondary N) is 1. The van der Waals surface area contributed by atoms with Crippen LogP contribution in [0, 0.1) is 0 Å². The molecule has 1 unspecified atom stereocenters. The zero-order valence-corrected chi connectivity index (χ0v) is 14.2. The minimum absolute atomic E-state index is 0. The van der Waals surface area contributed by atoms with E-state index in [2.05, 4.69) is 15.5 Å². The molecule has 1 N–H and O–H groups in total. The SMILES string of the molecule is CNC(C)Cc1noc(CSc2cccc(C(F)(F)F)c2)n1.Cl. The zero-order chi connectivity index (χ0) is 16.2. The number of nitrogens with zero attached hydrogens (tertiary/aromatic N) is 2. The molecule has 0 aliphatic rings. The Morgan fingerprint density at radius 1 is 1.35 bits per heavy atom. The monoisotopic (exact) mass is 367 g/mol. The summed E-state index contributed by atoms with van der Waals surface area (Å²) in [5.74, 6) is 1.32. The predicted octanol–water partition coefficient (Wildman–Crippen LogP) is 3.95. The van der Waals surface area contributed by atoms with Crippen LogP contribution in [0.25, 0.3) is 0 Å². The van der Waals surface area contributed by atoms with Gasteiger partial charge < -0.3 is 9.84 Å². The number of hydrogen-bond acceptors (Lipinski definition) is 5. The molecule has 1 atom stereocenters. The van der Waals surface area contributed by atoms with Gasteiger partial charge in [-0.05, 0) is 32.2 Å². The molecular formula is C14H17ClF3N3OS. The molecule has 1 heterocycles. The van der Waals surface area contributed by atoms with Crippen LogP contribution in [0.2, 0.25) is 0 Å². The van der Waals surface area contributed by atoms with Gasteiger partial charge in [0.25, 0.3) is 0 Å². The van der Waals surface area contributed by atoms with Crippen LogP contribution in [0.1, 0.15) is 24.2 Å². The lowest BCUT2D eigenvalue weighted by atomic mass is 10.2. The van der Waals surface area contributed by atoms with Crippen molar-refractivity contribution in [3.05, 3.63) is 41.5 Å². The summed E-state index contributed by atoms with van der Waals surface area (Å²) in [4.78, 5) is 4.74. The molecule has 23 heavy (non-hydrogen) atoms. The number of alkyl halides is 3. The number of likely N-dealkylation sites (N-methyl/N-ethyl adjacent to an activating group) is 1. The molecule has 0 amide bonds. The van der Waals surface area contributed by atoms with Crippen LogP contribution in [0.15, 0.2) is 33.7 Å². The van der Waals surface area contributed by atoms with Crippen molar-refractivity contribution in [3.63, 3.8) is 0 Å². The molecule has 0 saturated heterocycles. The van der Waals surface area contributed by atoms with E-state index in [1.807, 2.05) is 14.0 Å². The van der Waals surface area contributed by atoms with Gasteiger partial charge in [-0.1, -0.05) is 11.2 Å². The second-order valence-corrected chi connectivity index (χ2v) is 5.86. The van der Waals surface area contributed by atoms with Gasteiger partial charge in [0, 0.05) is 17.4 Å². The van der Waals surface area contributed by atoms with Crippen molar-refractivity contribution in [2.24, 2.45) is 0 Å². The molecular weight excluding hydrogens is 351 g/mol. The van der Waals surface area contributed by atoms with E-state index in [4.69, 9.17) is 4.52 Å². The van der Waals surface area contributed by atoms with E-state index in [0.717, 1.165) is 12.1 Å². The minimum atomic E-state index is -4.34. The summed E-state index contributed by atoms with van der Waals surface area (Å²) < 4.78 is 43.0. The van der Waals surface area contributed by atoms with E-state index >= 15 is 0 Å². The van der Waals surface area contributed by atoms with Gasteiger partial charge >= 0.3 is 6.18 Å². The second-order valence-electron chi connectivity index (χ2n) is 4.81. The molecule has 0 aliphatic carbocycles. The van der Waals surface area contributed by atoms with Crippen molar-refractivity contribution in [1.82, 2.24) is 15.5 Å². The largest absolute Gasteiger partial charge is 0.416 e. The first-order valence-electron chi connectivity index (χ1n) is 6.67. The number of hydrogen-bond donors (Lipinski definition) is 1. The van der Waals surface area contributed by atoms with E-state index in [1.54, 1.807) is 6.07 Å². The first-order chi connectivity index (χ1) is 10.4. The minimum Gasteiger partial charge on any atom is -0.338 e. The van der Waals surface area contributed by atoms with Gasteiger partial charge in [-0.25, -0.2) is 0 Å². The Morgan fingerprint density at radius 2 is 2.09 bits per heavy atom. The second kappa shape index (κ2) is 8.56. The normalized spacial score (nSPS) is 12.7. The third-order valence-electron chi connectivity index (χ3n) is 3.02. The third kappa shape index (κ3) is 6.04. The Hall–Kier alpha value is -1.25. The van der Waals surface area contributed by atoms with E-state index in [9.17, 15) is 13.2 Å². The molecule has 1 aromatic heterocycles. The fraction of sp³-hybridized carbons (Fsp3) is 0.429. The smallest absolute Gasteiger partial charge is 0.338 e. The summed E-state index contributed by atoms with van der Waals surface area (Å²) in [6.45, 7) is 1.99. The molecule has 0 fully saturated rings. The maximum atomic E-state index is 12.6. The maximum Gasteiger partial charge on any atom is 0.416 e. The van der Waals surface area contributed by atoms with Crippen LogP contribution in [-0.2, 0) is 18.3 Å². The first-order valence-corrected chi connectivity index (χ1v) is 7.66. The van der Waals surface area contributed by atoms with Crippen LogP contribution < -0.4 is 5.32 Å². The summed E-state index contributed by atoms with van der Waals surface area (Å²) in [5, 5.41) is 6.92. The topological polar surface area (TPSA) is 51.0 Å². The molecule has 1 aromatic carbocycles. The van der Waals surface area contributed by atoms with Crippen molar-refractivity contribution < 1.29 is 17.7 Å². The number of rotatable bonds is 6. The lowest BCUT2D eigenvalue weighted by Gasteiger charge is -2.07. The third-order valence-corrected chi connectivity index (χ3v) is 3.99. The average molecular weight is 368 g/mol. The van der Waals surface area contributed by atoms with Crippen molar-refractivity contribution in [3.8, 4) is 0 Å². The molecule has 0 bridgehead atoms. The lowest BCUT2D eigenvalue weighted by molar-refractivity contribution is -0.137. The quantitative estimate of drug-likeness (QED) is 0.783. The van der Waals surface area contributed by atoms with Crippen LogP contribution >= 0.6 is 24.2 Å². The molecule has 0 aliphatic heterocycles. The van der Waals surface area contributed by atoms with Gasteiger partial charge in [0.1, 0.15) is 0 Å². The lowest BCUT2D eigenvalue weighted by Crippen LogP contribution is -2.24. The maximum absolute atomic E-state index is 12.6. The van der Waals surface area contributed by atoms with Gasteiger partial charge in [0.05, 0.1) is 11.3 Å². The Morgan fingerprint density at radius 3 is 2.74 bits per heavy atom. The van der Waals surface area contributed by atoms with Crippen molar-refractivity contribution in [2.45, 2.75) is 36.2 Å². The van der Waals surface area contributed by atoms with Gasteiger partial charge in [0.2, 0.25) is 5.89 Å². The van der Waals surface area contributed by atoms with E-state index in [0.29, 0.717) is 28.8 Å². The molecule has 0 radical (unpaired) electrons. The number of aromatic nitrogens is 2. The van der Waals surface area contributed by atoms with E-state index in [-0.39, 0.29) is 18.4 Å². The standard InChI is InChI=1S/C14H16F3N3OS.ClH/c1-9(18-2)6-12-19-13(21-20-12)8-22-11-5-3-4-10(7-11)14(15,16)17;/h3-5,7,9,18H,6,8H2,1-2H3;1H. The highest BCUT2D eigenvalue weighted by Crippen LogP contribution is 2.32. The molecule has 2 rings (SSSR count). The zero-order valence-electron chi connectivity index (χ0n) is 12.6. The predicted molar refractivity (Wildman–Crippen MR) is 84.8 cm³/mol. The Kier molecular flexibility index (Phi) is 7.37. The van der Waals surface area contributed by atoms with Crippen molar-refractivity contribution in [1.29, 1.82) is 0 Å². The van der Waals surface area contributed by atoms with Crippen molar-refractivity contribution in [2.75, 3.05) is 7.05 Å². The Bertz CT molecular complexity index is 621. The van der Waals surface area contributed by atoms with E-state index < -0.39 is 11.7 Å². The molecule has 128 valence electrons.